The summed E-state index contributed by atoms with van der Waals surface area (Å²) < 4.78 is 2.67. The minimum absolute atomic E-state index is 0.0443. The maximum Gasteiger partial charge on any atom is 0.210 e. The zero-order chi connectivity index (χ0) is 33.9. The van der Waals surface area contributed by atoms with E-state index in [0.717, 1.165) is 51.6 Å². The molecule has 0 unspecified atom stereocenters. The lowest BCUT2D eigenvalue weighted by Crippen LogP contribution is -2.32. The minimum Gasteiger partial charge on any atom is -0.344 e. The predicted molar refractivity (Wildman–Crippen MR) is 211 cm³/mol. The molecular weight excluding hydrogens is 593 g/mol. The minimum atomic E-state index is -0.0443. The second-order valence-corrected chi connectivity index (χ2v) is 16.0. The fourth-order valence-electron chi connectivity index (χ4n) is 10.0. The van der Waals surface area contributed by atoms with Gasteiger partial charge in [0.25, 0.3) is 0 Å². The number of nitrogens with zero attached hydrogens (tertiary/aromatic N) is 2. The standard InChI is InChI=1S/C47H53N2/c1-7-27-48-40-25-23-34-17-9-11-21-38(34)42(40)46(3,4)44(48)36-19-13-15-32(30-36)29-33-16-14-20-37(31-33)45-47(5,6)43-39-22-12-10-18-35(39)24-26-41(43)49(45)28-8-2/h9-12,17-18,21-26,29-31H,7-8,13-16,19-20,27-28H2,1-6H3/q+1. The van der Waals surface area contributed by atoms with Crippen molar-refractivity contribution in [3.63, 3.8) is 0 Å². The number of allylic oxidation sites excluding steroid dienone is 8. The zero-order valence-electron chi connectivity index (χ0n) is 30.6. The molecule has 0 spiro atoms. The molecular formula is C47H53N2+. The lowest BCUT2D eigenvalue weighted by Gasteiger charge is -2.31. The molecule has 4 aromatic carbocycles. The Hall–Kier alpha value is -4.17. The van der Waals surface area contributed by atoms with E-state index < -0.39 is 0 Å². The average molecular weight is 646 g/mol. The Morgan fingerprint density at radius 2 is 1.39 bits per heavy atom. The van der Waals surface area contributed by atoms with Gasteiger partial charge >= 0.3 is 0 Å². The maximum atomic E-state index is 2.67. The summed E-state index contributed by atoms with van der Waals surface area (Å²) in [6, 6.07) is 27.4. The maximum absolute atomic E-state index is 2.67. The molecule has 0 amide bonds. The van der Waals surface area contributed by atoms with Crippen molar-refractivity contribution >= 4 is 38.6 Å². The SMILES string of the molecule is CCCN1C(=C2C=C(C=C3C=C(C4=[N+](CCC)c5ccc6ccccc6c5C4(C)C)CCC3)CCC2)C(C)(C)c2c1ccc1ccccc21. The topological polar surface area (TPSA) is 6.25 Å². The van der Waals surface area contributed by atoms with Crippen molar-refractivity contribution in [3.8, 4) is 0 Å². The highest BCUT2D eigenvalue weighted by Gasteiger charge is 2.48. The van der Waals surface area contributed by atoms with Gasteiger partial charge in [0.15, 0.2) is 5.71 Å². The highest BCUT2D eigenvalue weighted by molar-refractivity contribution is 6.11. The Bertz CT molecular complexity index is 2140. The van der Waals surface area contributed by atoms with Crippen molar-refractivity contribution in [1.82, 2.24) is 0 Å². The first-order valence-corrected chi connectivity index (χ1v) is 19.1. The molecule has 2 aliphatic heterocycles. The fourth-order valence-corrected chi connectivity index (χ4v) is 10.0. The lowest BCUT2D eigenvalue weighted by atomic mass is 9.74. The number of benzene rings is 4. The van der Waals surface area contributed by atoms with Crippen molar-refractivity contribution in [2.75, 3.05) is 18.0 Å². The quantitative estimate of drug-likeness (QED) is 0.189. The van der Waals surface area contributed by atoms with E-state index in [1.54, 1.807) is 11.1 Å². The van der Waals surface area contributed by atoms with Gasteiger partial charge in [-0.05, 0) is 121 Å². The Morgan fingerprint density at radius 1 is 0.694 bits per heavy atom. The van der Waals surface area contributed by atoms with Crippen LogP contribution in [0.2, 0.25) is 0 Å². The van der Waals surface area contributed by atoms with Crippen LogP contribution in [0.1, 0.15) is 104 Å². The fraction of sp³-hybridized carbons (Fsp3) is 0.383. The highest BCUT2D eigenvalue weighted by Crippen LogP contribution is 2.53. The van der Waals surface area contributed by atoms with Crippen LogP contribution in [-0.2, 0) is 10.8 Å². The van der Waals surface area contributed by atoms with Gasteiger partial charge < -0.3 is 4.90 Å². The van der Waals surface area contributed by atoms with Crippen LogP contribution in [0, 0.1) is 0 Å². The molecule has 4 aromatic rings. The van der Waals surface area contributed by atoms with Gasteiger partial charge in [0.1, 0.15) is 6.54 Å². The molecule has 2 aliphatic carbocycles. The van der Waals surface area contributed by atoms with E-state index in [4.69, 9.17) is 0 Å². The van der Waals surface area contributed by atoms with Gasteiger partial charge in [0.05, 0.1) is 5.41 Å². The van der Waals surface area contributed by atoms with Crippen molar-refractivity contribution in [1.29, 1.82) is 0 Å². The van der Waals surface area contributed by atoms with Gasteiger partial charge in [0, 0.05) is 47.0 Å². The average Bonchev–Trinajstić information content (AvgIpc) is 3.47. The van der Waals surface area contributed by atoms with Crippen LogP contribution in [0.3, 0.4) is 0 Å². The predicted octanol–water partition coefficient (Wildman–Crippen LogP) is 12.4. The summed E-state index contributed by atoms with van der Waals surface area (Å²) in [5, 5.41) is 5.50. The number of fused-ring (bicyclic) bond motifs is 6. The Balaban J connectivity index is 1.20. The Kier molecular flexibility index (Phi) is 8.05. The van der Waals surface area contributed by atoms with E-state index in [1.165, 1.54) is 79.4 Å². The van der Waals surface area contributed by atoms with Crippen LogP contribution >= 0.6 is 0 Å². The van der Waals surface area contributed by atoms with E-state index in [0.29, 0.717) is 0 Å². The third-order valence-electron chi connectivity index (χ3n) is 11.8. The van der Waals surface area contributed by atoms with Crippen molar-refractivity contribution in [2.45, 2.75) is 104 Å². The van der Waals surface area contributed by atoms with Crippen LogP contribution in [0.5, 0.6) is 0 Å². The molecule has 0 bridgehead atoms. The van der Waals surface area contributed by atoms with E-state index in [2.05, 4.69) is 142 Å². The molecule has 49 heavy (non-hydrogen) atoms. The van der Waals surface area contributed by atoms with Crippen LogP contribution in [-0.4, -0.2) is 23.4 Å². The van der Waals surface area contributed by atoms with Gasteiger partial charge in [-0.2, -0.15) is 4.58 Å². The molecule has 0 radical (unpaired) electrons. The first-order chi connectivity index (χ1) is 23.7. The first kappa shape index (κ1) is 32.1. The van der Waals surface area contributed by atoms with Gasteiger partial charge in [-0.3, -0.25) is 0 Å². The Labute approximate surface area is 294 Å². The molecule has 0 N–H and O–H groups in total. The normalized spacial score (nSPS) is 22.2. The smallest absolute Gasteiger partial charge is 0.210 e. The van der Waals surface area contributed by atoms with E-state index in [-0.39, 0.29) is 10.8 Å². The Morgan fingerprint density at radius 3 is 2.12 bits per heavy atom. The number of rotatable bonds is 6. The number of anilines is 1. The van der Waals surface area contributed by atoms with E-state index in [9.17, 15) is 0 Å². The molecule has 4 aliphatic rings. The molecule has 2 nitrogen and oxygen atoms in total. The summed E-state index contributed by atoms with van der Waals surface area (Å²) in [5.41, 5.74) is 14.9. The second-order valence-electron chi connectivity index (χ2n) is 16.0. The van der Waals surface area contributed by atoms with E-state index in [1.807, 2.05) is 0 Å². The molecule has 0 atom stereocenters. The summed E-state index contributed by atoms with van der Waals surface area (Å²) in [6.45, 7) is 16.6. The third-order valence-corrected chi connectivity index (χ3v) is 11.8. The van der Waals surface area contributed by atoms with E-state index >= 15 is 0 Å². The molecule has 8 rings (SSSR count). The number of hydrogen-bond acceptors (Lipinski definition) is 1. The van der Waals surface area contributed by atoms with Gasteiger partial charge in [-0.15, -0.1) is 0 Å². The summed E-state index contributed by atoms with van der Waals surface area (Å²) in [7, 11) is 0. The summed E-state index contributed by atoms with van der Waals surface area (Å²) >= 11 is 0. The van der Waals surface area contributed by atoms with Crippen LogP contribution in [0.15, 0.2) is 119 Å². The summed E-state index contributed by atoms with van der Waals surface area (Å²) in [6.07, 6.45) is 17.1. The zero-order valence-corrected chi connectivity index (χ0v) is 30.6. The monoisotopic (exact) mass is 645 g/mol. The van der Waals surface area contributed by atoms with Gasteiger partial charge in [0.2, 0.25) is 5.69 Å². The highest BCUT2D eigenvalue weighted by atomic mass is 15.2. The van der Waals surface area contributed by atoms with Gasteiger partial charge in [-0.1, -0.05) is 94.4 Å². The molecule has 250 valence electrons. The molecule has 0 saturated heterocycles. The third kappa shape index (κ3) is 5.17. The van der Waals surface area contributed by atoms with Crippen LogP contribution in [0.25, 0.3) is 21.5 Å². The molecule has 0 saturated carbocycles. The lowest BCUT2D eigenvalue weighted by molar-refractivity contribution is -0.438. The molecule has 0 aromatic heterocycles. The van der Waals surface area contributed by atoms with Crippen molar-refractivity contribution in [2.24, 2.45) is 0 Å². The first-order valence-electron chi connectivity index (χ1n) is 19.1. The number of hydrogen-bond donors (Lipinski definition) is 0. The van der Waals surface area contributed by atoms with Gasteiger partial charge in [-0.25, -0.2) is 0 Å². The second kappa shape index (κ2) is 12.3. The molecule has 2 heteroatoms. The largest absolute Gasteiger partial charge is 0.344 e. The summed E-state index contributed by atoms with van der Waals surface area (Å²) in [5.74, 6) is 0. The summed E-state index contributed by atoms with van der Waals surface area (Å²) in [4.78, 5) is 2.67. The molecule has 2 heterocycles. The van der Waals surface area contributed by atoms with Crippen molar-refractivity contribution in [3.05, 3.63) is 130 Å². The van der Waals surface area contributed by atoms with Crippen LogP contribution < -0.4 is 4.90 Å². The van der Waals surface area contributed by atoms with Crippen molar-refractivity contribution < 1.29 is 4.58 Å². The molecule has 0 fully saturated rings. The van der Waals surface area contributed by atoms with Crippen LogP contribution in [0.4, 0.5) is 11.4 Å².